The molecule has 0 saturated carbocycles. The Balaban J connectivity index is 2.12. The van der Waals surface area contributed by atoms with Crippen molar-refractivity contribution in [3.8, 4) is 11.5 Å². The molecule has 23 heavy (non-hydrogen) atoms. The first-order valence-electron chi connectivity index (χ1n) is 7.18. The highest BCUT2D eigenvalue weighted by atomic mass is 16.7. The van der Waals surface area contributed by atoms with Crippen molar-refractivity contribution < 1.29 is 23.7 Å². The molecule has 0 fully saturated rings. The Morgan fingerprint density at radius 2 is 1.83 bits per heavy atom. The molecule has 0 heterocycles. The van der Waals surface area contributed by atoms with Crippen LogP contribution < -0.4 is 9.47 Å². The van der Waals surface area contributed by atoms with E-state index in [9.17, 15) is 4.79 Å². The van der Waals surface area contributed by atoms with Crippen molar-refractivity contribution in [2.75, 3.05) is 21.0 Å². The normalized spacial score (nSPS) is 10.3. The van der Waals surface area contributed by atoms with E-state index in [1.54, 1.807) is 19.2 Å². The van der Waals surface area contributed by atoms with Crippen LogP contribution in [-0.4, -0.2) is 27.3 Å². The molecule has 2 aromatic carbocycles. The first-order chi connectivity index (χ1) is 11.3. The maximum atomic E-state index is 11.4. The van der Waals surface area contributed by atoms with Crippen LogP contribution in [0.2, 0.25) is 0 Å². The zero-order chi connectivity index (χ0) is 16.5. The van der Waals surface area contributed by atoms with Gasteiger partial charge in [-0.25, -0.2) is 0 Å². The van der Waals surface area contributed by atoms with E-state index in [1.807, 2.05) is 30.3 Å². The van der Waals surface area contributed by atoms with E-state index in [4.69, 9.17) is 18.9 Å². The molecular formula is C18H20O5. The maximum absolute atomic E-state index is 11.4. The van der Waals surface area contributed by atoms with Gasteiger partial charge in [-0.3, -0.25) is 4.79 Å². The highest BCUT2D eigenvalue weighted by molar-refractivity contribution is 5.82. The first kappa shape index (κ1) is 17.0. The Kier molecular flexibility index (Phi) is 6.59. The number of carbonyl (C=O) groups is 1. The summed E-state index contributed by atoms with van der Waals surface area (Å²) < 4.78 is 21.3. The molecular weight excluding hydrogens is 296 g/mol. The summed E-state index contributed by atoms with van der Waals surface area (Å²) in [7, 11) is 3.05. The Morgan fingerprint density at radius 1 is 1.04 bits per heavy atom. The van der Waals surface area contributed by atoms with Gasteiger partial charge in [0, 0.05) is 13.2 Å². The fraction of sp³-hybridized carbons (Fsp3) is 0.278. The van der Waals surface area contributed by atoms with E-state index in [0.29, 0.717) is 29.2 Å². The molecule has 0 N–H and O–H groups in total. The lowest BCUT2D eigenvalue weighted by Gasteiger charge is -2.13. The van der Waals surface area contributed by atoms with Crippen LogP contribution in [0.25, 0.3) is 0 Å². The van der Waals surface area contributed by atoms with Gasteiger partial charge in [-0.15, -0.1) is 0 Å². The molecule has 5 nitrogen and oxygen atoms in total. The third-order valence-electron chi connectivity index (χ3n) is 3.25. The zero-order valence-electron chi connectivity index (χ0n) is 13.3. The molecule has 0 aromatic heterocycles. The van der Waals surface area contributed by atoms with E-state index >= 15 is 0 Å². The number of methoxy groups -OCH3 is 2. The van der Waals surface area contributed by atoms with Crippen molar-refractivity contribution in [2.45, 2.75) is 13.2 Å². The van der Waals surface area contributed by atoms with Crippen molar-refractivity contribution in [1.29, 1.82) is 0 Å². The number of aldehydes is 1. The van der Waals surface area contributed by atoms with Crippen LogP contribution >= 0.6 is 0 Å². The van der Waals surface area contributed by atoms with E-state index in [-0.39, 0.29) is 13.4 Å². The summed E-state index contributed by atoms with van der Waals surface area (Å²) in [5.41, 5.74) is 2.24. The standard InChI is InChI=1S/C18H20O5/c1-20-13-23-16-8-15(17(10-19)18(9-16)21-2)12-22-11-14-6-4-3-5-7-14/h3-10H,11-13H2,1-2H3. The fourth-order valence-corrected chi connectivity index (χ4v) is 2.14. The number of carbonyl (C=O) groups excluding carboxylic acids is 1. The quantitative estimate of drug-likeness (QED) is 0.525. The summed E-state index contributed by atoms with van der Waals surface area (Å²) in [6, 6.07) is 13.3. The van der Waals surface area contributed by atoms with Crippen molar-refractivity contribution in [2.24, 2.45) is 0 Å². The Morgan fingerprint density at radius 3 is 2.48 bits per heavy atom. The van der Waals surface area contributed by atoms with E-state index in [0.717, 1.165) is 11.8 Å². The minimum absolute atomic E-state index is 0.119. The highest BCUT2D eigenvalue weighted by Gasteiger charge is 2.12. The molecule has 0 unspecified atom stereocenters. The van der Waals surface area contributed by atoms with Gasteiger partial charge in [-0.1, -0.05) is 30.3 Å². The summed E-state index contributed by atoms with van der Waals surface area (Å²) in [5, 5.41) is 0. The lowest BCUT2D eigenvalue weighted by molar-refractivity contribution is 0.0506. The van der Waals surface area contributed by atoms with Crippen LogP contribution in [-0.2, 0) is 22.7 Å². The first-order valence-corrected chi connectivity index (χ1v) is 7.18. The molecule has 0 aliphatic heterocycles. The molecule has 122 valence electrons. The zero-order valence-corrected chi connectivity index (χ0v) is 13.3. The fourth-order valence-electron chi connectivity index (χ4n) is 2.14. The molecule has 0 amide bonds. The van der Waals surface area contributed by atoms with Crippen LogP contribution in [0.4, 0.5) is 0 Å². The summed E-state index contributed by atoms with van der Waals surface area (Å²) in [5.74, 6) is 1.01. The lowest BCUT2D eigenvalue weighted by atomic mass is 10.1. The van der Waals surface area contributed by atoms with E-state index in [1.165, 1.54) is 7.11 Å². The molecule has 2 aromatic rings. The second-order valence-electron chi connectivity index (χ2n) is 4.85. The summed E-state index contributed by atoms with van der Waals surface area (Å²) in [6.07, 6.45) is 0.764. The van der Waals surface area contributed by atoms with Crippen molar-refractivity contribution >= 4 is 6.29 Å². The molecule has 0 atom stereocenters. The van der Waals surface area contributed by atoms with Crippen molar-refractivity contribution in [3.05, 3.63) is 59.2 Å². The van der Waals surface area contributed by atoms with Gasteiger partial charge < -0.3 is 18.9 Å². The van der Waals surface area contributed by atoms with Crippen LogP contribution in [0, 0.1) is 0 Å². The van der Waals surface area contributed by atoms with Gasteiger partial charge >= 0.3 is 0 Å². The van der Waals surface area contributed by atoms with Crippen LogP contribution in [0.5, 0.6) is 11.5 Å². The molecule has 5 heteroatoms. The Hall–Kier alpha value is -2.37. The van der Waals surface area contributed by atoms with Gasteiger partial charge in [0.05, 0.1) is 25.9 Å². The topological polar surface area (TPSA) is 54.0 Å². The van der Waals surface area contributed by atoms with Gasteiger partial charge in [-0.2, -0.15) is 0 Å². The van der Waals surface area contributed by atoms with E-state index < -0.39 is 0 Å². The summed E-state index contributed by atoms with van der Waals surface area (Å²) in [4.78, 5) is 11.4. The van der Waals surface area contributed by atoms with Gasteiger partial charge in [0.1, 0.15) is 11.5 Å². The number of ether oxygens (including phenoxy) is 4. The van der Waals surface area contributed by atoms with E-state index in [2.05, 4.69) is 0 Å². The van der Waals surface area contributed by atoms with Crippen molar-refractivity contribution in [3.63, 3.8) is 0 Å². The molecule has 0 radical (unpaired) electrons. The molecule has 2 rings (SSSR count). The van der Waals surface area contributed by atoms with Gasteiger partial charge in [0.15, 0.2) is 13.1 Å². The highest BCUT2D eigenvalue weighted by Crippen LogP contribution is 2.28. The maximum Gasteiger partial charge on any atom is 0.188 e. The minimum atomic E-state index is 0.119. The monoisotopic (exact) mass is 316 g/mol. The molecule has 0 bridgehead atoms. The molecule has 0 saturated heterocycles. The molecule has 0 spiro atoms. The summed E-state index contributed by atoms with van der Waals surface area (Å²) >= 11 is 0. The number of hydrogen-bond donors (Lipinski definition) is 0. The lowest BCUT2D eigenvalue weighted by Crippen LogP contribution is -2.04. The average Bonchev–Trinajstić information content (AvgIpc) is 2.60. The third-order valence-corrected chi connectivity index (χ3v) is 3.25. The predicted molar refractivity (Wildman–Crippen MR) is 85.8 cm³/mol. The number of hydrogen-bond acceptors (Lipinski definition) is 5. The van der Waals surface area contributed by atoms with Gasteiger partial charge in [-0.05, 0) is 17.2 Å². The Labute approximate surface area is 135 Å². The minimum Gasteiger partial charge on any atom is -0.496 e. The Bertz CT molecular complexity index is 625. The number of benzene rings is 2. The third kappa shape index (κ3) is 4.81. The summed E-state index contributed by atoms with van der Waals surface area (Å²) in [6.45, 7) is 0.863. The van der Waals surface area contributed by atoms with Gasteiger partial charge in [0.25, 0.3) is 0 Å². The van der Waals surface area contributed by atoms with Crippen LogP contribution in [0.15, 0.2) is 42.5 Å². The van der Waals surface area contributed by atoms with Gasteiger partial charge in [0.2, 0.25) is 0 Å². The SMILES string of the molecule is COCOc1cc(COCc2ccccc2)c(C=O)c(OC)c1. The van der Waals surface area contributed by atoms with Crippen molar-refractivity contribution in [1.82, 2.24) is 0 Å². The predicted octanol–water partition coefficient (Wildman–Crippen LogP) is 3.21. The number of rotatable bonds is 9. The second-order valence-corrected chi connectivity index (χ2v) is 4.85. The molecule has 0 aliphatic rings. The molecule has 0 aliphatic carbocycles. The second kappa shape index (κ2) is 8.92. The average molecular weight is 316 g/mol. The smallest absolute Gasteiger partial charge is 0.188 e. The van der Waals surface area contributed by atoms with Crippen LogP contribution in [0.1, 0.15) is 21.5 Å². The van der Waals surface area contributed by atoms with Crippen LogP contribution in [0.3, 0.4) is 0 Å². The largest absolute Gasteiger partial charge is 0.496 e.